The first kappa shape index (κ1) is 21.6. The predicted octanol–water partition coefficient (Wildman–Crippen LogP) is 6.23. The summed E-state index contributed by atoms with van der Waals surface area (Å²) in [6.45, 7) is 3.39. The van der Waals surface area contributed by atoms with E-state index in [1.54, 1.807) is 19.9 Å². The van der Waals surface area contributed by atoms with Crippen molar-refractivity contribution in [3.8, 4) is 28.2 Å². The van der Waals surface area contributed by atoms with Gasteiger partial charge < -0.3 is 10.2 Å². The highest BCUT2D eigenvalue weighted by atomic mass is 35.5. The van der Waals surface area contributed by atoms with Crippen LogP contribution in [0.2, 0.25) is 10.0 Å². The van der Waals surface area contributed by atoms with E-state index < -0.39 is 5.60 Å². The first-order chi connectivity index (χ1) is 14.8. The largest absolute Gasteiger partial charge is 0.392 e. The zero-order chi connectivity index (χ0) is 22.2. The van der Waals surface area contributed by atoms with Crippen molar-refractivity contribution in [1.82, 2.24) is 9.55 Å². The van der Waals surface area contributed by atoms with Crippen LogP contribution in [0.4, 0.5) is 0 Å². The van der Waals surface area contributed by atoms with Gasteiger partial charge in [-0.2, -0.15) is 0 Å². The van der Waals surface area contributed by atoms with Gasteiger partial charge in [-0.25, -0.2) is 4.98 Å². The minimum absolute atomic E-state index is 0.00440. The maximum atomic E-state index is 10.5. The smallest absolute Gasteiger partial charge is 0.146 e. The average Bonchev–Trinajstić information content (AvgIpc) is 3.22. The van der Waals surface area contributed by atoms with Crippen molar-refractivity contribution in [3.05, 3.63) is 94.2 Å². The Labute approximate surface area is 191 Å². The molecule has 0 aliphatic heterocycles. The topological polar surface area (TPSA) is 58.3 Å². The number of imidazole rings is 1. The summed E-state index contributed by atoms with van der Waals surface area (Å²) in [5.41, 5.74) is 3.89. The van der Waals surface area contributed by atoms with Crippen molar-refractivity contribution < 1.29 is 10.2 Å². The molecule has 4 aromatic rings. The normalized spacial score (nSPS) is 11.7. The van der Waals surface area contributed by atoms with Crippen LogP contribution in [0.15, 0.2) is 72.9 Å². The summed E-state index contributed by atoms with van der Waals surface area (Å²) in [7, 11) is 0. The van der Waals surface area contributed by atoms with Crippen LogP contribution in [0, 0.1) is 0 Å². The maximum absolute atomic E-state index is 10.5. The molecule has 0 saturated heterocycles. The standard InChI is InChI=1S/C25H22Cl2N2O2/c1-25(2,31)22-14-29(24(28-22)20-7-4-8-21(26)23(20)27)19-11-9-17(10-12-19)18-6-3-5-16(13-18)15-30/h3-14,30-31H,15H2,1-2H3. The van der Waals surface area contributed by atoms with E-state index in [4.69, 9.17) is 23.2 Å². The Balaban J connectivity index is 1.82. The molecule has 0 radical (unpaired) electrons. The second-order valence-corrected chi connectivity index (χ2v) is 8.67. The van der Waals surface area contributed by atoms with E-state index in [1.165, 1.54) is 0 Å². The molecular formula is C25H22Cl2N2O2. The van der Waals surface area contributed by atoms with Crippen LogP contribution in [0.3, 0.4) is 0 Å². The number of nitrogens with zero attached hydrogens (tertiary/aromatic N) is 2. The van der Waals surface area contributed by atoms with Gasteiger partial charge in [-0.1, -0.05) is 59.6 Å². The van der Waals surface area contributed by atoms with E-state index in [-0.39, 0.29) is 6.61 Å². The lowest BCUT2D eigenvalue weighted by Gasteiger charge is -2.13. The van der Waals surface area contributed by atoms with Crippen molar-refractivity contribution in [1.29, 1.82) is 0 Å². The van der Waals surface area contributed by atoms with Gasteiger partial charge in [-0.3, -0.25) is 4.57 Å². The number of benzene rings is 3. The van der Waals surface area contributed by atoms with Crippen molar-refractivity contribution in [2.24, 2.45) is 0 Å². The van der Waals surface area contributed by atoms with E-state index in [2.05, 4.69) is 4.98 Å². The molecule has 1 aromatic heterocycles. The second kappa shape index (κ2) is 8.48. The SMILES string of the molecule is CC(C)(O)c1cn(-c2ccc(-c3cccc(CO)c3)cc2)c(-c2cccc(Cl)c2Cl)n1. The Morgan fingerprint density at radius 2 is 1.65 bits per heavy atom. The molecule has 0 aliphatic rings. The Hall–Kier alpha value is -2.63. The third-order valence-electron chi connectivity index (χ3n) is 5.11. The number of hydrogen-bond acceptors (Lipinski definition) is 3. The molecule has 0 amide bonds. The number of aliphatic hydroxyl groups excluding tert-OH is 1. The molecule has 31 heavy (non-hydrogen) atoms. The van der Waals surface area contributed by atoms with Crippen LogP contribution in [-0.4, -0.2) is 19.8 Å². The Kier molecular flexibility index (Phi) is 5.91. The van der Waals surface area contributed by atoms with Gasteiger partial charge in [0.05, 0.1) is 22.3 Å². The van der Waals surface area contributed by atoms with E-state index in [1.807, 2.05) is 71.4 Å². The van der Waals surface area contributed by atoms with Crippen LogP contribution in [0.25, 0.3) is 28.2 Å². The van der Waals surface area contributed by atoms with E-state index in [0.29, 0.717) is 27.1 Å². The summed E-state index contributed by atoms with van der Waals surface area (Å²) in [6, 6.07) is 21.2. The molecule has 4 nitrogen and oxygen atoms in total. The second-order valence-electron chi connectivity index (χ2n) is 7.89. The van der Waals surface area contributed by atoms with Gasteiger partial charge in [0.2, 0.25) is 0 Å². The molecule has 0 aliphatic carbocycles. The predicted molar refractivity (Wildman–Crippen MR) is 126 cm³/mol. The van der Waals surface area contributed by atoms with Crippen LogP contribution in [0.1, 0.15) is 25.1 Å². The number of aliphatic hydroxyl groups is 2. The van der Waals surface area contributed by atoms with Gasteiger partial charge in [-0.05, 0) is 60.9 Å². The van der Waals surface area contributed by atoms with Gasteiger partial charge >= 0.3 is 0 Å². The number of rotatable bonds is 5. The molecule has 4 rings (SSSR count). The van der Waals surface area contributed by atoms with Crippen LogP contribution in [-0.2, 0) is 12.2 Å². The summed E-state index contributed by atoms with van der Waals surface area (Å²) >= 11 is 12.7. The van der Waals surface area contributed by atoms with Crippen molar-refractivity contribution in [3.63, 3.8) is 0 Å². The van der Waals surface area contributed by atoms with Crippen LogP contribution in [0.5, 0.6) is 0 Å². The molecule has 3 aromatic carbocycles. The van der Waals surface area contributed by atoms with Crippen LogP contribution >= 0.6 is 23.2 Å². The molecule has 0 saturated carbocycles. The number of aromatic nitrogens is 2. The molecule has 1 heterocycles. The summed E-state index contributed by atoms with van der Waals surface area (Å²) in [5.74, 6) is 0.597. The fourth-order valence-corrected chi connectivity index (χ4v) is 3.79. The minimum Gasteiger partial charge on any atom is -0.392 e. The molecule has 0 fully saturated rings. The highest BCUT2D eigenvalue weighted by Crippen LogP contribution is 2.36. The first-order valence-corrected chi connectivity index (χ1v) is 10.6. The summed E-state index contributed by atoms with van der Waals surface area (Å²) < 4.78 is 1.90. The summed E-state index contributed by atoms with van der Waals surface area (Å²) in [5, 5.41) is 20.8. The highest BCUT2D eigenvalue weighted by molar-refractivity contribution is 6.43. The zero-order valence-corrected chi connectivity index (χ0v) is 18.7. The molecule has 158 valence electrons. The first-order valence-electron chi connectivity index (χ1n) is 9.85. The third kappa shape index (κ3) is 4.39. The van der Waals surface area contributed by atoms with Crippen molar-refractivity contribution >= 4 is 23.2 Å². The zero-order valence-electron chi connectivity index (χ0n) is 17.2. The molecule has 2 N–H and O–H groups in total. The minimum atomic E-state index is -1.12. The van der Waals surface area contributed by atoms with E-state index >= 15 is 0 Å². The Morgan fingerprint density at radius 3 is 2.32 bits per heavy atom. The molecule has 0 bridgehead atoms. The van der Waals surface area contributed by atoms with Gasteiger partial charge in [0.1, 0.15) is 11.4 Å². The lowest BCUT2D eigenvalue weighted by atomic mass is 10.0. The quantitative estimate of drug-likeness (QED) is 0.377. The summed E-state index contributed by atoms with van der Waals surface area (Å²) in [6.07, 6.45) is 1.81. The van der Waals surface area contributed by atoms with Gasteiger partial charge in [0.15, 0.2) is 0 Å². The summed E-state index contributed by atoms with van der Waals surface area (Å²) in [4.78, 5) is 4.68. The van der Waals surface area contributed by atoms with Crippen LogP contribution < -0.4 is 0 Å². The molecule has 6 heteroatoms. The van der Waals surface area contributed by atoms with Crippen molar-refractivity contribution in [2.45, 2.75) is 26.1 Å². The molecule has 0 spiro atoms. The Morgan fingerprint density at radius 1 is 0.935 bits per heavy atom. The van der Waals surface area contributed by atoms with E-state index in [0.717, 1.165) is 22.4 Å². The van der Waals surface area contributed by atoms with Gasteiger partial charge in [-0.15, -0.1) is 0 Å². The lowest BCUT2D eigenvalue weighted by Crippen LogP contribution is -2.15. The fraction of sp³-hybridized carbons (Fsp3) is 0.160. The maximum Gasteiger partial charge on any atom is 0.146 e. The molecule has 0 atom stereocenters. The van der Waals surface area contributed by atoms with E-state index in [9.17, 15) is 10.2 Å². The van der Waals surface area contributed by atoms with Gasteiger partial charge in [0, 0.05) is 17.4 Å². The molecular weight excluding hydrogens is 431 g/mol. The lowest BCUT2D eigenvalue weighted by molar-refractivity contribution is 0.0743. The third-order valence-corrected chi connectivity index (χ3v) is 5.93. The Bertz CT molecular complexity index is 1230. The number of halogens is 2. The number of hydrogen-bond donors (Lipinski definition) is 2. The monoisotopic (exact) mass is 452 g/mol. The van der Waals surface area contributed by atoms with Gasteiger partial charge in [0.25, 0.3) is 0 Å². The highest BCUT2D eigenvalue weighted by Gasteiger charge is 2.24. The molecule has 0 unspecified atom stereocenters. The average molecular weight is 453 g/mol. The van der Waals surface area contributed by atoms with Crippen molar-refractivity contribution in [2.75, 3.05) is 0 Å². The fourth-order valence-electron chi connectivity index (χ4n) is 3.40.